The lowest BCUT2D eigenvalue weighted by Crippen LogP contribution is -2.87. The summed E-state index contributed by atoms with van der Waals surface area (Å²) in [5, 5.41) is 0. The summed E-state index contributed by atoms with van der Waals surface area (Å²) in [6.07, 6.45) is -7.57. The number of carbonyl (C=O) groups excluding carboxylic acids is 1. The number of alkyl halides is 15. The van der Waals surface area contributed by atoms with Gasteiger partial charge >= 0.3 is 48.4 Å². The number of carbonyl (C=O) groups is 1. The standard InChI is InChI=1S/C9H3F15N2O2/c1-28-2(27)3(10,11)25-6(17,18)8(21,22)26(5(15,16)4(12,13)14)9(23,24)7(25,19)20/h1H3. The Morgan fingerprint density at radius 3 is 1.21 bits per heavy atom. The van der Waals surface area contributed by atoms with E-state index in [2.05, 4.69) is 4.74 Å². The fourth-order valence-corrected chi connectivity index (χ4v) is 1.94. The van der Waals surface area contributed by atoms with E-state index in [-0.39, 0.29) is 7.11 Å². The van der Waals surface area contributed by atoms with Gasteiger partial charge in [-0.05, 0) is 0 Å². The molecular weight excluding hydrogens is 453 g/mol. The minimum Gasteiger partial charge on any atom is -0.463 e. The second-order valence-electron chi connectivity index (χ2n) is 4.91. The first-order valence-corrected chi connectivity index (χ1v) is 5.99. The zero-order valence-corrected chi connectivity index (χ0v) is 12.4. The molecule has 0 aliphatic carbocycles. The van der Waals surface area contributed by atoms with Gasteiger partial charge in [0, 0.05) is 0 Å². The molecule has 1 saturated heterocycles. The highest BCUT2D eigenvalue weighted by atomic mass is 19.4. The smallest absolute Gasteiger partial charge is 0.463 e. The van der Waals surface area contributed by atoms with Crippen molar-refractivity contribution in [3.8, 4) is 0 Å². The van der Waals surface area contributed by atoms with Gasteiger partial charge in [-0.15, -0.1) is 0 Å². The predicted molar refractivity (Wildman–Crippen MR) is 51.4 cm³/mol. The van der Waals surface area contributed by atoms with Crippen LogP contribution in [0.2, 0.25) is 0 Å². The van der Waals surface area contributed by atoms with Gasteiger partial charge in [0.05, 0.1) is 7.11 Å². The van der Waals surface area contributed by atoms with Crippen molar-refractivity contribution in [3.63, 3.8) is 0 Å². The number of rotatable bonds is 3. The minimum atomic E-state index is -7.78. The average Bonchev–Trinajstić information content (AvgIpc) is 2.41. The van der Waals surface area contributed by atoms with Crippen LogP contribution in [-0.4, -0.2) is 65.3 Å². The zero-order valence-electron chi connectivity index (χ0n) is 12.4. The highest BCUT2D eigenvalue weighted by Crippen LogP contribution is 2.64. The molecule has 0 spiro atoms. The number of hydrogen-bond donors (Lipinski definition) is 0. The summed E-state index contributed by atoms with van der Waals surface area (Å²) in [7, 11) is -0.128. The largest absolute Gasteiger partial charge is 0.469 e. The van der Waals surface area contributed by atoms with Crippen molar-refractivity contribution in [3.05, 3.63) is 0 Å². The molecule has 0 radical (unpaired) electrons. The van der Waals surface area contributed by atoms with Crippen molar-refractivity contribution < 1.29 is 75.4 Å². The molecule has 0 bridgehead atoms. The molecule has 1 aliphatic heterocycles. The molecule has 1 aliphatic rings. The number of hydrogen-bond acceptors (Lipinski definition) is 4. The van der Waals surface area contributed by atoms with Crippen molar-refractivity contribution in [2.45, 2.75) is 42.5 Å². The lowest BCUT2D eigenvalue weighted by atomic mass is 10.1. The Hall–Kier alpha value is -1.66. The van der Waals surface area contributed by atoms with Crippen LogP contribution in [0.4, 0.5) is 65.9 Å². The topological polar surface area (TPSA) is 32.8 Å². The normalized spacial score (nSPS) is 25.4. The molecule has 166 valence electrons. The van der Waals surface area contributed by atoms with E-state index >= 15 is 0 Å². The van der Waals surface area contributed by atoms with Gasteiger partial charge in [0.2, 0.25) is 0 Å². The highest BCUT2D eigenvalue weighted by molar-refractivity contribution is 5.77. The molecule has 0 N–H and O–H groups in total. The predicted octanol–water partition coefficient (Wildman–Crippen LogP) is 3.90. The molecule has 1 rings (SSSR count). The van der Waals surface area contributed by atoms with E-state index < -0.39 is 58.2 Å². The summed E-state index contributed by atoms with van der Waals surface area (Å²) >= 11 is 0. The van der Waals surface area contributed by atoms with Gasteiger partial charge < -0.3 is 4.74 Å². The molecular formula is C9H3F15N2O2. The first-order valence-electron chi connectivity index (χ1n) is 5.99. The van der Waals surface area contributed by atoms with Crippen molar-refractivity contribution >= 4 is 5.97 Å². The van der Waals surface area contributed by atoms with Crippen LogP contribution in [-0.2, 0) is 9.53 Å². The van der Waals surface area contributed by atoms with E-state index in [1.807, 2.05) is 0 Å². The second kappa shape index (κ2) is 5.92. The highest BCUT2D eigenvalue weighted by Gasteiger charge is 2.94. The van der Waals surface area contributed by atoms with E-state index in [1.54, 1.807) is 0 Å². The van der Waals surface area contributed by atoms with Crippen LogP contribution in [0.25, 0.3) is 0 Å². The van der Waals surface area contributed by atoms with Crippen molar-refractivity contribution in [1.82, 2.24) is 9.80 Å². The molecule has 28 heavy (non-hydrogen) atoms. The summed E-state index contributed by atoms with van der Waals surface area (Å²) in [6.45, 7) is 0. The van der Waals surface area contributed by atoms with Crippen LogP contribution in [0.3, 0.4) is 0 Å². The Kier molecular flexibility index (Phi) is 5.16. The molecule has 0 aromatic carbocycles. The number of nitrogens with zero attached hydrogens (tertiary/aromatic N) is 2. The molecule has 0 aromatic rings. The van der Waals surface area contributed by atoms with Gasteiger partial charge in [-0.3, -0.25) is 0 Å². The molecule has 1 fully saturated rings. The fraction of sp³-hybridized carbons (Fsp3) is 0.889. The minimum absolute atomic E-state index is 0.128. The first kappa shape index (κ1) is 24.4. The number of piperazine rings is 1. The van der Waals surface area contributed by atoms with E-state index in [1.165, 1.54) is 0 Å². The Balaban J connectivity index is 3.94. The van der Waals surface area contributed by atoms with E-state index in [0.29, 0.717) is 0 Å². The Bertz CT molecular complexity index is 614. The third-order valence-electron chi connectivity index (χ3n) is 3.18. The molecule has 1 heterocycles. The molecule has 0 atom stereocenters. The molecule has 0 unspecified atom stereocenters. The molecule has 19 heteroatoms. The first-order chi connectivity index (χ1) is 12.0. The second-order valence-corrected chi connectivity index (χ2v) is 4.91. The average molecular weight is 456 g/mol. The van der Waals surface area contributed by atoms with Crippen LogP contribution >= 0.6 is 0 Å². The Morgan fingerprint density at radius 2 is 0.964 bits per heavy atom. The van der Waals surface area contributed by atoms with Crippen molar-refractivity contribution in [2.75, 3.05) is 7.11 Å². The third kappa shape index (κ3) is 2.76. The van der Waals surface area contributed by atoms with Gasteiger partial charge in [0.15, 0.2) is 0 Å². The van der Waals surface area contributed by atoms with Crippen molar-refractivity contribution in [2.24, 2.45) is 0 Å². The number of methoxy groups -OCH3 is 1. The summed E-state index contributed by atoms with van der Waals surface area (Å²) in [5.41, 5.74) is 0. The Labute approximate surface area is 142 Å². The lowest BCUT2D eigenvalue weighted by molar-refractivity contribution is -0.571. The summed E-state index contributed by atoms with van der Waals surface area (Å²) in [4.78, 5) is 2.63. The molecule has 4 nitrogen and oxygen atoms in total. The van der Waals surface area contributed by atoms with E-state index in [4.69, 9.17) is 0 Å². The maximum absolute atomic E-state index is 13.6. The van der Waals surface area contributed by atoms with Gasteiger partial charge in [-0.25, -0.2) is 4.79 Å². The van der Waals surface area contributed by atoms with Gasteiger partial charge in [0.1, 0.15) is 0 Å². The van der Waals surface area contributed by atoms with Gasteiger partial charge in [-0.2, -0.15) is 65.9 Å². The van der Waals surface area contributed by atoms with Crippen LogP contribution in [0, 0.1) is 0 Å². The lowest BCUT2D eigenvalue weighted by Gasteiger charge is -2.55. The molecule has 0 aromatic heterocycles. The van der Waals surface area contributed by atoms with E-state index in [0.717, 1.165) is 0 Å². The van der Waals surface area contributed by atoms with Crippen LogP contribution in [0.1, 0.15) is 0 Å². The maximum atomic E-state index is 13.6. The third-order valence-corrected chi connectivity index (χ3v) is 3.18. The van der Waals surface area contributed by atoms with Crippen LogP contribution in [0.15, 0.2) is 0 Å². The number of ether oxygens (including phenoxy) is 1. The molecule has 0 amide bonds. The number of halogens is 15. The number of esters is 1. The summed E-state index contributed by atoms with van der Waals surface area (Å²) in [6, 6.07) is -45.2. The van der Waals surface area contributed by atoms with Crippen LogP contribution < -0.4 is 0 Å². The fourth-order valence-electron chi connectivity index (χ4n) is 1.94. The Morgan fingerprint density at radius 1 is 0.679 bits per heavy atom. The summed E-state index contributed by atoms with van der Waals surface area (Å²) < 4.78 is 201. The molecule has 0 saturated carbocycles. The van der Waals surface area contributed by atoms with E-state index in [9.17, 15) is 70.7 Å². The van der Waals surface area contributed by atoms with Crippen molar-refractivity contribution in [1.29, 1.82) is 0 Å². The maximum Gasteiger partial charge on any atom is 0.469 e. The van der Waals surface area contributed by atoms with Gasteiger partial charge in [-0.1, -0.05) is 9.80 Å². The van der Waals surface area contributed by atoms with Crippen LogP contribution in [0.5, 0.6) is 0 Å². The monoisotopic (exact) mass is 456 g/mol. The summed E-state index contributed by atoms with van der Waals surface area (Å²) in [5.74, 6) is -3.56. The SMILES string of the molecule is COC(=O)C(F)(F)N1C(F)(F)C(F)(F)N(C(F)(F)C(F)(F)F)C(F)(F)C1(F)F. The quantitative estimate of drug-likeness (QED) is 0.367. The van der Waals surface area contributed by atoms with Gasteiger partial charge in [0.25, 0.3) is 0 Å². The zero-order chi connectivity index (χ0) is 22.9.